The highest BCUT2D eigenvalue weighted by molar-refractivity contribution is 5.98. The lowest BCUT2D eigenvalue weighted by Crippen LogP contribution is -2.07. The number of halogens is 1. The molecule has 4 aromatic rings. The maximum atomic E-state index is 13.0. The van der Waals surface area contributed by atoms with Crippen LogP contribution in [-0.4, -0.2) is 16.1 Å². The minimum atomic E-state index is -0.549. The van der Waals surface area contributed by atoms with Gasteiger partial charge in [-0.15, -0.1) is 0 Å². The average molecular weight is 378 g/mol. The molecule has 0 aliphatic carbocycles. The zero-order valence-electron chi connectivity index (χ0n) is 14.9. The lowest BCUT2D eigenvalue weighted by molar-refractivity contribution is 0.0428. The molecule has 0 N–H and O–H groups in total. The van der Waals surface area contributed by atoms with E-state index >= 15 is 0 Å². The lowest BCUT2D eigenvalue weighted by atomic mass is 10.0. The number of rotatable bonds is 5. The first kappa shape index (κ1) is 17.7. The van der Waals surface area contributed by atoms with Crippen LogP contribution >= 0.6 is 0 Å². The Kier molecular flexibility index (Phi) is 4.72. The van der Waals surface area contributed by atoms with Crippen molar-refractivity contribution in [3.05, 3.63) is 83.9 Å². The highest BCUT2D eigenvalue weighted by Gasteiger charge is 2.22. The molecule has 6 nitrogen and oxygen atoms in total. The summed E-state index contributed by atoms with van der Waals surface area (Å²) in [5, 5.41) is 3.82. The standard InChI is InChI=1S/C21H15FN2O4/c1-13-19(17(11-26-13)14-5-3-2-4-6-14)21(25)27-12-18-23-20(24-28-18)15-7-9-16(22)10-8-15/h2-11H,12H2,1H3. The number of hydrogen-bond donors (Lipinski definition) is 0. The molecular formula is C21H15FN2O4. The van der Waals surface area contributed by atoms with E-state index in [0.717, 1.165) is 5.56 Å². The fourth-order valence-corrected chi connectivity index (χ4v) is 2.77. The van der Waals surface area contributed by atoms with Crippen LogP contribution in [0.4, 0.5) is 4.39 Å². The van der Waals surface area contributed by atoms with Gasteiger partial charge in [0.15, 0.2) is 6.61 Å². The second-order valence-electron chi connectivity index (χ2n) is 6.04. The van der Waals surface area contributed by atoms with E-state index in [9.17, 15) is 9.18 Å². The summed E-state index contributed by atoms with van der Waals surface area (Å²) in [6.45, 7) is 1.51. The molecule has 0 saturated heterocycles. The molecule has 0 aliphatic rings. The van der Waals surface area contributed by atoms with Crippen molar-refractivity contribution in [3.63, 3.8) is 0 Å². The topological polar surface area (TPSA) is 78.4 Å². The molecule has 0 bridgehead atoms. The molecule has 2 heterocycles. The van der Waals surface area contributed by atoms with Crippen molar-refractivity contribution in [3.8, 4) is 22.5 Å². The van der Waals surface area contributed by atoms with E-state index in [1.165, 1.54) is 30.5 Å². The maximum absolute atomic E-state index is 13.0. The van der Waals surface area contributed by atoms with E-state index in [1.54, 1.807) is 6.92 Å². The van der Waals surface area contributed by atoms with Gasteiger partial charge in [0.2, 0.25) is 5.82 Å². The third-order valence-corrected chi connectivity index (χ3v) is 4.16. The number of hydrogen-bond acceptors (Lipinski definition) is 6. The molecule has 0 unspecified atom stereocenters. The van der Waals surface area contributed by atoms with Crippen molar-refractivity contribution in [2.24, 2.45) is 0 Å². The summed E-state index contributed by atoms with van der Waals surface area (Å²) in [6, 6.07) is 15.1. The molecule has 0 amide bonds. The number of ether oxygens (including phenoxy) is 1. The zero-order chi connectivity index (χ0) is 19.5. The van der Waals surface area contributed by atoms with Crippen LogP contribution < -0.4 is 0 Å². The van der Waals surface area contributed by atoms with Crippen LogP contribution in [0.3, 0.4) is 0 Å². The Hall–Kier alpha value is -3.74. The molecular weight excluding hydrogens is 363 g/mol. The molecule has 0 saturated carbocycles. The number of carbonyl (C=O) groups is 1. The van der Waals surface area contributed by atoms with Gasteiger partial charge in [-0.2, -0.15) is 4.98 Å². The Labute approximate surface area is 159 Å². The van der Waals surface area contributed by atoms with Crippen molar-refractivity contribution in [1.29, 1.82) is 0 Å². The van der Waals surface area contributed by atoms with Crippen LogP contribution in [0.2, 0.25) is 0 Å². The lowest BCUT2D eigenvalue weighted by Gasteiger charge is -2.04. The van der Waals surface area contributed by atoms with E-state index < -0.39 is 5.97 Å². The summed E-state index contributed by atoms with van der Waals surface area (Å²) in [7, 11) is 0. The summed E-state index contributed by atoms with van der Waals surface area (Å²) < 4.78 is 28.9. The van der Waals surface area contributed by atoms with Gasteiger partial charge in [0.25, 0.3) is 5.89 Å². The second kappa shape index (κ2) is 7.48. The molecule has 2 aromatic carbocycles. The first-order valence-electron chi connectivity index (χ1n) is 8.51. The number of aryl methyl sites for hydroxylation is 1. The first-order valence-corrected chi connectivity index (χ1v) is 8.51. The third kappa shape index (κ3) is 3.55. The van der Waals surface area contributed by atoms with Crippen LogP contribution in [-0.2, 0) is 11.3 Å². The Balaban J connectivity index is 1.49. The van der Waals surface area contributed by atoms with Gasteiger partial charge in [-0.3, -0.25) is 0 Å². The highest BCUT2D eigenvalue weighted by Crippen LogP contribution is 2.28. The summed E-state index contributed by atoms with van der Waals surface area (Å²) in [5.74, 6) is -0.0234. The van der Waals surface area contributed by atoms with Crippen molar-refractivity contribution in [2.45, 2.75) is 13.5 Å². The second-order valence-corrected chi connectivity index (χ2v) is 6.04. The van der Waals surface area contributed by atoms with Crippen molar-refractivity contribution < 1.29 is 22.9 Å². The van der Waals surface area contributed by atoms with Crippen LogP contribution in [0.25, 0.3) is 22.5 Å². The summed E-state index contributed by atoms with van der Waals surface area (Å²) in [5.41, 5.74) is 2.45. The molecule has 0 radical (unpaired) electrons. The maximum Gasteiger partial charge on any atom is 0.342 e. The Morgan fingerprint density at radius 3 is 2.57 bits per heavy atom. The molecule has 28 heavy (non-hydrogen) atoms. The first-order chi connectivity index (χ1) is 13.6. The molecule has 2 aromatic heterocycles. The summed E-state index contributed by atoms with van der Waals surface area (Å²) in [4.78, 5) is 16.8. The molecule has 0 atom stereocenters. The molecule has 4 rings (SSSR count). The fourth-order valence-electron chi connectivity index (χ4n) is 2.77. The number of furan rings is 1. The molecule has 140 valence electrons. The largest absolute Gasteiger partial charge is 0.468 e. The number of aromatic nitrogens is 2. The highest BCUT2D eigenvalue weighted by atomic mass is 19.1. The number of carbonyl (C=O) groups excluding carboxylic acids is 1. The fraction of sp³-hybridized carbons (Fsp3) is 0.0952. The van der Waals surface area contributed by atoms with Gasteiger partial charge in [0.1, 0.15) is 17.1 Å². The average Bonchev–Trinajstić information content (AvgIpc) is 3.34. The van der Waals surface area contributed by atoms with Gasteiger partial charge in [-0.05, 0) is 36.8 Å². The zero-order valence-corrected chi connectivity index (χ0v) is 14.9. The van der Waals surface area contributed by atoms with Crippen molar-refractivity contribution >= 4 is 5.97 Å². The van der Waals surface area contributed by atoms with Crippen molar-refractivity contribution in [2.75, 3.05) is 0 Å². The normalized spacial score (nSPS) is 10.8. The van der Waals surface area contributed by atoms with E-state index in [0.29, 0.717) is 22.5 Å². The summed E-state index contributed by atoms with van der Waals surface area (Å²) in [6.07, 6.45) is 1.53. The van der Waals surface area contributed by atoms with Crippen LogP contribution in [0, 0.1) is 12.7 Å². The number of nitrogens with zero attached hydrogens (tertiary/aromatic N) is 2. The Bertz CT molecular complexity index is 1100. The predicted octanol–water partition coefficient (Wildman–Crippen LogP) is 4.80. The van der Waals surface area contributed by atoms with Gasteiger partial charge in [-0.25, -0.2) is 9.18 Å². The van der Waals surface area contributed by atoms with Gasteiger partial charge in [0, 0.05) is 11.1 Å². The third-order valence-electron chi connectivity index (χ3n) is 4.16. The van der Waals surface area contributed by atoms with E-state index in [-0.39, 0.29) is 24.1 Å². The number of benzene rings is 2. The van der Waals surface area contributed by atoms with E-state index in [4.69, 9.17) is 13.7 Å². The SMILES string of the molecule is Cc1occ(-c2ccccc2)c1C(=O)OCc1nc(-c2ccc(F)cc2)no1. The smallest absolute Gasteiger partial charge is 0.342 e. The quantitative estimate of drug-likeness (QED) is 0.464. The summed E-state index contributed by atoms with van der Waals surface area (Å²) >= 11 is 0. The van der Waals surface area contributed by atoms with Crippen LogP contribution in [0.1, 0.15) is 22.0 Å². The van der Waals surface area contributed by atoms with Crippen molar-refractivity contribution in [1.82, 2.24) is 10.1 Å². The minimum absolute atomic E-state index is 0.134. The Morgan fingerprint density at radius 2 is 1.82 bits per heavy atom. The van der Waals surface area contributed by atoms with Crippen LogP contribution in [0.15, 0.2) is 69.8 Å². The molecule has 7 heteroatoms. The van der Waals surface area contributed by atoms with Gasteiger partial charge in [-0.1, -0.05) is 35.5 Å². The number of esters is 1. The van der Waals surface area contributed by atoms with Crippen LogP contribution in [0.5, 0.6) is 0 Å². The van der Waals surface area contributed by atoms with Gasteiger partial charge < -0.3 is 13.7 Å². The molecule has 0 aliphatic heterocycles. The van der Waals surface area contributed by atoms with Gasteiger partial charge >= 0.3 is 5.97 Å². The predicted molar refractivity (Wildman–Crippen MR) is 97.7 cm³/mol. The van der Waals surface area contributed by atoms with E-state index in [1.807, 2.05) is 30.3 Å². The van der Waals surface area contributed by atoms with Gasteiger partial charge in [0.05, 0.1) is 6.26 Å². The Morgan fingerprint density at radius 1 is 1.07 bits per heavy atom. The molecule has 0 spiro atoms. The minimum Gasteiger partial charge on any atom is -0.468 e. The monoisotopic (exact) mass is 378 g/mol. The van der Waals surface area contributed by atoms with E-state index in [2.05, 4.69) is 10.1 Å². The molecule has 0 fully saturated rings.